The maximum atomic E-state index is 10.4. The number of nitrogens with one attached hydrogen (secondary N) is 1. The minimum Gasteiger partial charge on any atom is -0.352 e. The third-order valence-electron chi connectivity index (χ3n) is 1.33. The van der Waals surface area contributed by atoms with Crippen molar-refractivity contribution in [2.45, 2.75) is 25.8 Å². The molecular formula is C6H9NO2. The van der Waals surface area contributed by atoms with Crippen LogP contribution in [0.5, 0.6) is 0 Å². The number of β-lactam (4-membered cyclic amide) rings is 1. The van der Waals surface area contributed by atoms with Gasteiger partial charge in [-0.15, -0.1) is 0 Å². The molecule has 1 N–H and O–H groups in total. The van der Waals surface area contributed by atoms with E-state index in [4.69, 9.17) is 0 Å². The van der Waals surface area contributed by atoms with E-state index in [0.29, 0.717) is 12.8 Å². The Kier molecular flexibility index (Phi) is 1.51. The van der Waals surface area contributed by atoms with Crippen LogP contribution in [0.25, 0.3) is 0 Å². The van der Waals surface area contributed by atoms with Crippen molar-refractivity contribution in [1.82, 2.24) is 5.32 Å². The molecule has 0 spiro atoms. The molecule has 1 unspecified atom stereocenters. The number of hydrogen-bond acceptors (Lipinski definition) is 2. The summed E-state index contributed by atoms with van der Waals surface area (Å²) in [5.74, 6) is 0.196. The standard InChI is InChI=1S/C6H9NO2/c1-4(8)2-5-3-6(9)7-5/h5H,2-3H2,1H3,(H,7,9). The molecule has 9 heavy (non-hydrogen) atoms. The Morgan fingerprint density at radius 1 is 1.89 bits per heavy atom. The van der Waals surface area contributed by atoms with Crippen LogP contribution in [0.2, 0.25) is 0 Å². The third-order valence-corrected chi connectivity index (χ3v) is 1.33. The van der Waals surface area contributed by atoms with Gasteiger partial charge in [-0.05, 0) is 6.92 Å². The van der Waals surface area contributed by atoms with Crippen LogP contribution in [-0.4, -0.2) is 17.7 Å². The lowest BCUT2D eigenvalue weighted by Gasteiger charge is -2.25. The molecule has 1 amide bonds. The molecule has 1 aliphatic heterocycles. The number of hydrogen-bond donors (Lipinski definition) is 1. The van der Waals surface area contributed by atoms with Gasteiger partial charge in [-0.1, -0.05) is 0 Å². The molecule has 1 heterocycles. The highest BCUT2D eigenvalue weighted by atomic mass is 16.2. The Morgan fingerprint density at radius 3 is 2.78 bits per heavy atom. The monoisotopic (exact) mass is 127 g/mol. The molecule has 50 valence electrons. The van der Waals surface area contributed by atoms with Gasteiger partial charge in [-0.25, -0.2) is 0 Å². The largest absolute Gasteiger partial charge is 0.352 e. The maximum absolute atomic E-state index is 10.4. The fraction of sp³-hybridized carbons (Fsp3) is 0.667. The van der Waals surface area contributed by atoms with Crippen LogP contribution in [0.3, 0.4) is 0 Å². The molecular weight excluding hydrogens is 118 g/mol. The second-order valence-electron chi connectivity index (χ2n) is 2.37. The molecule has 0 aromatic carbocycles. The molecule has 0 saturated carbocycles. The van der Waals surface area contributed by atoms with Gasteiger partial charge in [0.15, 0.2) is 0 Å². The molecule has 3 nitrogen and oxygen atoms in total. The lowest BCUT2D eigenvalue weighted by Crippen LogP contribution is -2.49. The Morgan fingerprint density at radius 2 is 2.44 bits per heavy atom. The summed E-state index contributed by atoms with van der Waals surface area (Å²) < 4.78 is 0. The van der Waals surface area contributed by atoms with Gasteiger partial charge in [0.05, 0.1) is 0 Å². The molecule has 0 aromatic heterocycles. The van der Waals surface area contributed by atoms with Crippen LogP contribution in [0, 0.1) is 0 Å². The minimum atomic E-state index is 0.0567. The zero-order chi connectivity index (χ0) is 6.85. The van der Waals surface area contributed by atoms with Crippen molar-refractivity contribution in [1.29, 1.82) is 0 Å². The quantitative estimate of drug-likeness (QED) is 0.524. The van der Waals surface area contributed by atoms with Crippen LogP contribution in [0.1, 0.15) is 19.8 Å². The van der Waals surface area contributed by atoms with Crippen LogP contribution in [-0.2, 0) is 9.59 Å². The van der Waals surface area contributed by atoms with E-state index in [-0.39, 0.29) is 17.7 Å². The van der Waals surface area contributed by atoms with E-state index in [0.717, 1.165) is 0 Å². The summed E-state index contributed by atoms with van der Waals surface area (Å²) in [6.07, 6.45) is 1.02. The van der Waals surface area contributed by atoms with Gasteiger partial charge in [-0.2, -0.15) is 0 Å². The summed E-state index contributed by atoms with van der Waals surface area (Å²) >= 11 is 0. The number of carbonyl (C=O) groups excluding carboxylic acids is 2. The van der Waals surface area contributed by atoms with E-state index in [2.05, 4.69) is 5.32 Å². The zero-order valence-corrected chi connectivity index (χ0v) is 5.31. The lowest BCUT2D eigenvalue weighted by molar-refractivity contribution is -0.129. The second-order valence-corrected chi connectivity index (χ2v) is 2.37. The maximum Gasteiger partial charge on any atom is 0.222 e. The van der Waals surface area contributed by atoms with Crippen molar-refractivity contribution < 1.29 is 9.59 Å². The molecule has 3 heteroatoms. The van der Waals surface area contributed by atoms with Crippen LogP contribution in [0.4, 0.5) is 0 Å². The number of Topliss-reactive ketones (excluding diaryl/α,β-unsaturated/α-hetero) is 1. The van der Waals surface area contributed by atoms with E-state index in [1.54, 1.807) is 0 Å². The Bertz CT molecular complexity index is 145. The normalized spacial score (nSPS) is 24.6. The summed E-state index contributed by atoms with van der Waals surface area (Å²) in [6.45, 7) is 1.53. The minimum absolute atomic E-state index is 0.0567. The highest BCUT2D eigenvalue weighted by molar-refractivity contribution is 5.86. The molecule has 1 rings (SSSR count). The highest BCUT2D eigenvalue weighted by Gasteiger charge is 2.25. The van der Waals surface area contributed by atoms with E-state index in [1.807, 2.05) is 0 Å². The van der Waals surface area contributed by atoms with Crippen molar-refractivity contribution in [3.05, 3.63) is 0 Å². The van der Waals surface area contributed by atoms with Gasteiger partial charge in [0.25, 0.3) is 0 Å². The summed E-state index contributed by atoms with van der Waals surface area (Å²) in [6, 6.07) is 0.134. The van der Waals surface area contributed by atoms with Gasteiger partial charge in [-0.3, -0.25) is 9.59 Å². The molecule has 0 radical (unpaired) electrons. The van der Waals surface area contributed by atoms with Gasteiger partial charge in [0.1, 0.15) is 5.78 Å². The summed E-state index contributed by atoms with van der Waals surface area (Å²) in [5.41, 5.74) is 0. The van der Waals surface area contributed by atoms with Crippen molar-refractivity contribution in [3.63, 3.8) is 0 Å². The van der Waals surface area contributed by atoms with Crippen LogP contribution in [0.15, 0.2) is 0 Å². The Hall–Kier alpha value is -0.860. The Balaban J connectivity index is 2.18. The summed E-state index contributed by atoms with van der Waals surface area (Å²) in [4.78, 5) is 20.7. The molecule has 0 bridgehead atoms. The fourth-order valence-electron chi connectivity index (χ4n) is 0.901. The van der Waals surface area contributed by atoms with Crippen LogP contribution < -0.4 is 5.32 Å². The van der Waals surface area contributed by atoms with E-state index < -0.39 is 0 Å². The SMILES string of the molecule is CC(=O)CC1CC(=O)N1. The molecule has 1 fully saturated rings. The molecule has 0 aliphatic carbocycles. The topological polar surface area (TPSA) is 46.2 Å². The second kappa shape index (κ2) is 2.17. The fourth-order valence-corrected chi connectivity index (χ4v) is 0.901. The van der Waals surface area contributed by atoms with Gasteiger partial charge < -0.3 is 5.32 Å². The highest BCUT2D eigenvalue weighted by Crippen LogP contribution is 2.07. The van der Waals surface area contributed by atoms with Gasteiger partial charge in [0, 0.05) is 18.9 Å². The first-order chi connectivity index (χ1) is 4.18. The number of ketones is 1. The van der Waals surface area contributed by atoms with Crippen molar-refractivity contribution in [2.75, 3.05) is 0 Å². The molecule has 0 aromatic rings. The summed E-state index contributed by atoms with van der Waals surface area (Å²) in [5, 5.41) is 2.61. The van der Waals surface area contributed by atoms with Crippen LogP contribution >= 0.6 is 0 Å². The molecule has 1 atom stereocenters. The van der Waals surface area contributed by atoms with E-state index in [9.17, 15) is 9.59 Å². The first-order valence-electron chi connectivity index (χ1n) is 2.97. The molecule has 1 saturated heterocycles. The van der Waals surface area contributed by atoms with E-state index >= 15 is 0 Å². The Labute approximate surface area is 53.4 Å². The lowest BCUT2D eigenvalue weighted by atomic mass is 10.0. The predicted octanol–water partition coefficient (Wildman–Crippen LogP) is -0.146. The van der Waals surface area contributed by atoms with Gasteiger partial charge >= 0.3 is 0 Å². The summed E-state index contributed by atoms with van der Waals surface area (Å²) in [7, 11) is 0. The zero-order valence-electron chi connectivity index (χ0n) is 5.31. The average Bonchev–Trinajstić information content (AvgIpc) is 1.60. The van der Waals surface area contributed by atoms with Crippen molar-refractivity contribution in [3.8, 4) is 0 Å². The smallest absolute Gasteiger partial charge is 0.222 e. The predicted molar refractivity (Wildman–Crippen MR) is 31.8 cm³/mol. The van der Waals surface area contributed by atoms with Crippen molar-refractivity contribution >= 4 is 11.7 Å². The van der Waals surface area contributed by atoms with Gasteiger partial charge in [0.2, 0.25) is 5.91 Å². The third kappa shape index (κ3) is 1.52. The van der Waals surface area contributed by atoms with Crippen molar-refractivity contribution in [2.24, 2.45) is 0 Å². The number of rotatable bonds is 2. The first-order valence-corrected chi connectivity index (χ1v) is 2.97. The van der Waals surface area contributed by atoms with E-state index in [1.165, 1.54) is 6.92 Å². The number of carbonyl (C=O) groups is 2. The number of amides is 1. The first kappa shape index (κ1) is 6.26. The molecule has 1 aliphatic rings. The average molecular weight is 127 g/mol.